The van der Waals surface area contributed by atoms with Crippen LogP contribution in [0.15, 0.2) is 35.2 Å². The van der Waals surface area contributed by atoms with Crippen molar-refractivity contribution in [2.24, 2.45) is 0 Å². The molecule has 0 fully saturated rings. The Kier molecular flexibility index (Phi) is 2.24. The summed E-state index contributed by atoms with van der Waals surface area (Å²) in [5.74, 6) is 0. The molecule has 4 nitrogen and oxygen atoms in total. The smallest absolute Gasteiger partial charge is 0.258 e. The van der Waals surface area contributed by atoms with E-state index in [0.717, 1.165) is 11.3 Å². The molecular formula is C9H6N2O2S. The van der Waals surface area contributed by atoms with Gasteiger partial charge >= 0.3 is 0 Å². The van der Waals surface area contributed by atoms with Crippen LogP contribution in [0.5, 0.6) is 0 Å². The molecule has 0 radical (unpaired) electrons. The summed E-state index contributed by atoms with van der Waals surface area (Å²) in [6, 6.07) is 5.04. The van der Waals surface area contributed by atoms with E-state index in [4.69, 9.17) is 0 Å². The van der Waals surface area contributed by atoms with Crippen LogP contribution >= 0.6 is 11.3 Å². The lowest BCUT2D eigenvalue weighted by Gasteiger charge is -1.95. The van der Waals surface area contributed by atoms with Gasteiger partial charge in [0.2, 0.25) is 0 Å². The van der Waals surface area contributed by atoms with Crippen LogP contribution in [0.1, 0.15) is 0 Å². The van der Waals surface area contributed by atoms with E-state index < -0.39 is 4.92 Å². The van der Waals surface area contributed by atoms with Crippen LogP contribution in [0.3, 0.4) is 0 Å². The fraction of sp³-hybridized carbons (Fsp3) is 0. The zero-order valence-electron chi connectivity index (χ0n) is 7.08. The van der Waals surface area contributed by atoms with E-state index in [1.54, 1.807) is 17.4 Å². The predicted molar refractivity (Wildman–Crippen MR) is 54.2 cm³/mol. The highest BCUT2D eigenvalue weighted by Crippen LogP contribution is 2.21. The molecule has 0 saturated carbocycles. The van der Waals surface area contributed by atoms with Crippen molar-refractivity contribution in [3.8, 4) is 11.3 Å². The molecule has 70 valence electrons. The van der Waals surface area contributed by atoms with Crippen LogP contribution in [0, 0.1) is 10.1 Å². The quantitative estimate of drug-likeness (QED) is 0.560. The molecule has 2 rings (SSSR count). The van der Waals surface area contributed by atoms with Crippen molar-refractivity contribution in [2.75, 3.05) is 0 Å². The van der Waals surface area contributed by atoms with Gasteiger partial charge in [0, 0.05) is 17.0 Å². The van der Waals surface area contributed by atoms with E-state index in [-0.39, 0.29) is 5.69 Å². The number of rotatable bonds is 2. The second kappa shape index (κ2) is 3.55. The van der Waals surface area contributed by atoms with E-state index in [9.17, 15) is 10.1 Å². The number of nitrogens with zero attached hydrogens (tertiary/aromatic N) is 2. The Morgan fingerprint density at radius 1 is 1.36 bits per heavy atom. The maximum atomic E-state index is 10.4. The molecule has 0 aliphatic rings. The molecular weight excluding hydrogens is 200 g/mol. The van der Waals surface area contributed by atoms with E-state index in [0.29, 0.717) is 0 Å². The second-order valence-electron chi connectivity index (χ2n) is 2.67. The summed E-state index contributed by atoms with van der Waals surface area (Å²) in [7, 11) is 0. The molecule has 2 aromatic rings. The van der Waals surface area contributed by atoms with Gasteiger partial charge in [0.1, 0.15) is 6.20 Å². The molecule has 2 aromatic heterocycles. The first-order valence-corrected chi connectivity index (χ1v) is 4.84. The van der Waals surface area contributed by atoms with Gasteiger partial charge in [0.25, 0.3) is 5.69 Å². The molecule has 0 N–H and O–H groups in total. The average molecular weight is 206 g/mol. The van der Waals surface area contributed by atoms with Gasteiger partial charge in [-0.15, -0.1) is 0 Å². The zero-order valence-corrected chi connectivity index (χ0v) is 7.90. The Bertz CT molecular complexity index is 436. The largest absolute Gasteiger partial charge is 0.287 e. The van der Waals surface area contributed by atoms with Crippen LogP contribution in [-0.2, 0) is 0 Å². The normalized spacial score (nSPS) is 10.0. The highest BCUT2D eigenvalue weighted by molar-refractivity contribution is 7.08. The summed E-state index contributed by atoms with van der Waals surface area (Å²) in [6.45, 7) is 0. The van der Waals surface area contributed by atoms with Crippen molar-refractivity contribution in [2.45, 2.75) is 0 Å². The first-order valence-electron chi connectivity index (χ1n) is 3.90. The van der Waals surface area contributed by atoms with Gasteiger partial charge in [-0.25, -0.2) is 4.98 Å². The molecule has 5 heteroatoms. The van der Waals surface area contributed by atoms with E-state index in [2.05, 4.69) is 4.98 Å². The van der Waals surface area contributed by atoms with Gasteiger partial charge in [0.05, 0.1) is 10.6 Å². The molecule has 0 amide bonds. The monoisotopic (exact) mass is 206 g/mol. The lowest BCUT2D eigenvalue weighted by atomic mass is 10.2. The minimum atomic E-state index is -0.454. The number of hydrogen-bond donors (Lipinski definition) is 0. The van der Waals surface area contributed by atoms with Crippen molar-refractivity contribution >= 4 is 17.0 Å². The maximum Gasteiger partial charge on any atom is 0.287 e. The summed E-state index contributed by atoms with van der Waals surface area (Å²) >= 11 is 1.57. The first kappa shape index (κ1) is 8.83. The minimum absolute atomic E-state index is 0.0176. The number of aromatic nitrogens is 1. The van der Waals surface area contributed by atoms with Crippen LogP contribution in [-0.4, -0.2) is 9.91 Å². The van der Waals surface area contributed by atoms with Gasteiger partial charge in [-0.1, -0.05) is 0 Å². The second-order valence-corrected chi connectivity index (χ2v) is 3.45. The zero-order chi connectivity index (χ0) is 9.97. The fourth-order valence-corrected chi connectivity index (χ4v) is 1.72. The van der Waals surface area contributed by atoms with Gasteiger partial charge in [0.15, 0.2) is 0 Å². The van der Waals surface area contributed by atoms with Gasteiger partial charge < -0.3 is 0 Å². The molecule has 14 heavy (non-hydrogen) atoms. The van der Waals surface area contributed by atoms with Crippen molar-refractivity contribution in [3.63, 3.8) is 0 Å². The third-order valence-electron chi connectivity index (χ3n) is 1.78. The van der Waals surface area contributed by atoms with Crippen LogP contribution < -0.4 is 0 Å². The lowest BCUT2D eigenvalue weighted by molar-refractivity contribution is -0.385. The molecule has 0 aromatic carbocycles. The van der Waals surface area contributed by atoms with E-state index in [1.165, 1.54) is 12.3 Å². The summed E-state index contributed by atoms with van der Waals surface area (Å²) in [5.41, 5.74) is 1.77. The summed E-state index contributed by atoms with van der Waals surface area (Å²) in [5, 5.41) is 14.3. The summed E-state index contributed by atoms with van der Waals surface area (Å²) < 4.78 is 0. The van der Waals surface area contributed by atoms with Crippen molar-refractivity contribution < 1.29 is 4.92 Å². The third-order valence-corrected chi connectivity index (χ3v) is 2.46. The average Bonchev–Trinajstić information content (AvgIpc) is 2.71. The highest BCUT2D eigenvalue weighted by Gasteiger charge is 2.06. The van der Waals surface area contributed by atoms with Crippen LogP contribution in [0.25, 0.3) is 11.3 Å². The first-order chi connectivity index (χ1) is 6.77. The number of nitro groups is 1. The molecule has 0 atom stereocenters. The summed E-state index contributed by atoms with van der Waals surface area (Å²) in [4.78, 5) is 13.9. The number of pyridine rings is 1. The van der Waals surface area contributed by atoms with Crippen LogP contribution in [0.2, 0.25) is 0 Å². The van der Waals surface area contributed by atoms with Gasteiger partial charge in [-0.3, -0.25) is 10.1 Å². The highest BCUT2D eigenvalue weighted by atomic mass is 32.1. The third kappa shape index (κ3) is 1.62. The van der Waals surface area contributed by atoms with E-state index >= 15 is 0 Å². The number of hydrogen-bond acceptors (Lipinski definition) is 4. The maximum absolute atomic E-state index is 10.4. The Morgan fingerprint density at radius 3 is 2.71 bits per heavy atom. The summed E-state index contributed by atoms with van der Waals surface area (Å²) in [6.07, 6.45) is 1.27. The van der Waals surface area contributed by atoms with Crippen molar-refractivity contribution in [1.82, 2.24) is 4.98 Å². The van der Waals surface area contributed by atoms with Gasteiger partial charge in [-0.2, -0.15) is 11.3 Å². The Morgan fingerprint density at radius 2 is 2.21 bits per heavy atom. The Balaban J connectivity index is 2.36. The molecule has 0 spiro atoms. The molecule has 0 unspecified atom stereocenters. The van der Waals surface area contributed by atoms with Gasteiger partial charge in [-0.05, 0) is 17.5 Å². The topological polar surface area (TPSA) is 56.0 Å². The Hall–Kier alpha value is -1.75. The molecule has 0 aliphatic heterocycles. The molecule has 0 aliphatic carbocycles. The van der Waals surface area contributed by atoms with E-state index in [1.807, 2.05) is 16.8 Å². The molecule has 2 heterocycles. The number of thiophene rings is 1. The minimum Gasteiger partial charge on any atom is -0.258 e. The Labute approximate surface area is 84.0 Å². The lowest BCUT2D eigenvalue weighted by Crippen LogP contribution is -1.89. The molecule has 0 saturated heterocycles. The van der Waals surface area contributed by atoms with Crippen molar-refractivity contribution in [3.05, 3.63) is 45.3 Å². The van der Waals surface area contributed by atoms with Crippen molar-refractivity contribution in [1.29, 1.82) is 0 Å². The fourth-order valence-electron chi connectivity index (χ4n) is 1.08. The molecule has 0 bridgehead atoms. The standard InChI is InChI=1S/C9H6N2O2S/c12-11(13)8-1-2-9(10-5-8)7-3-4-14-6-7/h1-6H. The van der Waals surface area contributed by atoms with Crippen LogP contribution in [0.4, 0.5) is 5.69 Å². The predicted octanol–water partition coefficient (Wildman–Crippen LogP) is 2.72. The SMILES string of the molecule is O=[N+]([O-])c1ccc(-c2ccsc2)nc1.